The lowest BCUT2D eigenvalue weighted by atomic mass is 10.1. The van der Waals surface area contributed by atoms with Crippen molar-refractivity contribution in [1.29, 1.82) is 0 Å². The Labute approximate surface area is 174 Å². The molecule has 1 rings (SSSR count). The van der Waals surface area contributed by atoms with Crippen LogP contribution in [0.1, 0.15) is 33.6 Å². The van der Waals surface area contributed by atoms with Crippen molar-refractivity contribution in [3.8, 4) is 0 Å². The highest BCUT2D eigenvalue weighted by Gasteiger charge is 2.24. The van der Waals surface area contributed by atoms with Gasteiger partial charge in [-0.3, -0.25) is 19.9 Å². The molecule has 0 heterocycles. The molecular weight excluding hydrogens is 404 g/mol. The van der Waals surface area contributed by atoms with Gasteiger partial charge in [-0.2, -0.15) is 0 Å². The van der Waals surface area contributed by atoms with Crippen molar-refractivity contribution < 1.29 is 19.2 Å². The second kappa shape index (κ2) is 11.7. The predicted molar refractivity (Wildman–Crippen MR) is 112 cm³/mol. The van der Waals surface area contributed by atoms with E-state index < -0.39 is 28.6 Å². The molecule has 0 aliphatic rings. The third-order valence-corrected chi connectivity index (χ3v) is 3.30. The van der Waals surface area contributed by atoms with Gasteiger partial charge in [0.25, 0.3) is 5.69 Å². The molecule has 12 heteroatoms. The van der Waals surface area contributed by atoms with Crippen LogP contribution in [0.5, 0.6) is 0 Å². The number of nitrogens with two attached hydrogens (primary N) is 2. The third kappa shape index (κ3) is 10.7. The molecule has 0 unspecified atom stereocenters. The molecule has 29 heavy (non-hydrogen) atoms. The van der Waals surface area contributed by atoms with Crippen LogP contribution in [0.15, 0.2) is 29.3 Å². The van der Waals surface area contributed by atoms with Crippen molar-refractivity contribution >= 4 is 41.7 Å². The number of nitro benzene ring substituents is 1. The van der Waals surface area contributed by atoms with Crippen molar-refractivity contribution in [3.05, 3.63) is 34.4 Å². The molecule has 0 radical (unpaired) electrons. The monoisotopic (exact) mass is 430 g/mol. The van der Waals surface area contributed by atoms with Crippen LogP contribution < -0.4 is 22.1 Å². The standard InChI is InChI=1S/C17H26N6O5.ClH/c1-17(2,3)28-16(25)22-13(5-4-10-20-15(18)19)14(24)21-11-6-8-12(9-7-11)23(26)27;/h6-9,13H,4-5,10H2,1-3H3,(H,21,24)(H,22,25)(H4,18,19,20);1H/t13-;/m1./s1. The van der Waals surface area contributed by atoms with Crippen molar-refractivity contribution in [1.82, 2.24) is 5.32 Å². The summed E-state index contributed by atoms with van der Waals surface area (Å²) in [5.41, 5.74) is 10.1. The molecule has 1 aromatic carbocycles. The molecule has 0 aliphatic heterocycles. The number of rotatable bonds is 8. The number of ether oxygens (including phenoxy) is 1. The Morgan fingerprint density at radius 1 is 1.24 bits per heavy atom. The molecule has 2 amide bonds. The number of alkyl carbamates (subject to hydrolysis) is 1. The van der Waals surface area contributed by atoms with E-state index in [4.69, 9.17) is 16.2 Å². The molecule has 162 valence electrons. The molecule has 1 atom stereocenters. The first-order chi connectivity index (χ1) is 13.0. The Balaban J connectivity index is 0.00000784. The third-order valence-electron chi connectivity index (χ3n) is 3.30. The second-order valence-electron chi connectivity index (χ2n) is 6.94. The maximum atomic E-state index is 12.6. The molecule has 11 nitrogen and oxygen atoms in total. The van der Waals surface area contributed by atoms with Crippen LogP contribution in [0.25, 0.3) is 0 Å². The normalized spacial score (nSPS) is 11.4. The van der Waals surface area contributed by atoms with Crippen LogP contribution in [-0.2, 0) is 9.53 Å². The van der Waals surface area contributed by atoms with E-state index in [1.807, 2.05) is 0 Å². The van der Waals surface area contributed by atoms with Gasteiger partial charge in [0.2, 0.25) is 5.91 Å². The number of anilines is 1. The second-order valence-corrected chi connectivity index (χ2v) is 6.94. The minimum absolute atomic E-state index is 0. The van der Waals surface area contributed by atoms with E-state index in [2.05, 4.69) is 15.6 Å². The number of carbonyl (C=O) groups is 2. The highest BCUT2D eigenvalue weighted by molar-refractivity contribution is 5.96. The number of halogens is 1. The van der Waals surface area contributed by atoms with Crippen LogP contribution in [-0.4, -0.2) is 41.1 Å². The number of nitrogens with zero attached hydrogens (tertiary/aromatic N) is 2. The number of hydrogen-bond donors (Lipinski definition) is 4. The zero-order valence-corrected chi connectivity index (χ0v) is 17.3. The van der Waals surface area contributed by atoms with Crippen LogP contribution in [0, 0.1) is 10.1 Å². The molecule has 0 saturated heterocycles. The lowest BCUT2D eigenvalue weighted by Gasteiger charge is -2.23. The Hall–Kier alpha value is -3.08. The summed E-state index contributed by atoms with van der Waals surface area (Å²) in [5, 5.41) is 15.8. The van der Waals surface area contributed by atoms with Crippen LogP contribution >= 0.6 is 12.4 Å². The zero-order chi connectivity index (χ0) is 21.3. The molecule has 0 bridgehead atoms. The van der Waals surface area contributed by atoms with Crippen molar-refractivity contribution in [2.24, 2.45) is 16.5 Å². The summed E-state index contributed by atoms with van der Waals surface area (Å²) in [6.45, 7) is 5.41. The highest BCUT2D eigenvalue weighted by Crippen LogP contribution is 2.16. The van der Waals surface area contributed by atoms with E-state index in [0.29, 0.717) is 18.7 Å². The largest absolute Gasteiger partial charge is 0.444 e. The van der Waals surface area contributed by atoms with Gasteiger partial charge in [0.05, 0.1) is 4.92 Å². The van der Waals surface area contributed by atoms with E-state index in [-0.39, 0.29) is 30.5 Å². The molecule has 0 fully saturated rings. The lowest BCUT2D eigenvalue weighted by molar-refractivity contribution is -0.384. The summed E-state index contributed by atoms with van der Waals surface area (Å²) in [6, 6.07) is 4.44. The Morgan fingerprint density at radius 3 is 2.31 bits per heavy atom. The minimum Gasteiger partial charge on any atom is -0.444 e. The number of carbonyl (C=O) groups excluding carboxylic acids is 2. The van der Waals surface area contributed by atoms with E-state index in [0.717, 1.165) is 0 Å². The van der Waals surface area contributed by atoms with E-state index in [9.17, 15) is 19.7 Å². The van der Waals surface area contributed by atoms with Gasteiger partial charge in [-0.15, -0.1) is 12.4 Å². The van der Waals surface area contributed by atoms with E-state index in [1.54, 1.807) is 20.8 Å². The number of non-ortho nitro benzene ring substituents is 1. The van der Waals surface area contributed by atoms with Crippen molar-refractivity contribution in [3.63, 3.8) is 0 Å². The number of guanidine groups is 1. The average Bonchev–Trinajstić information content (AvgIpc) is 2.56. The number of hydrogen-bond acceptors (Lipinski definition) is 6. The predicted octanol–water partition coefficient (Wildman–Crippen LogP) is 1.90. The fourth-order valence-electron chi connectivity index (χ4n) is 2.12. The summed E-state index contributed by atoms with van der Waals surface area (Å²) in [5.74, 6) is -0.559. The Morgan fingerprint density at radius 2 is 1.83 bits per heavy atom. The van der Waals surface area contributed by atoms with Gasteiger partial charge >= 0.3 is 6.09 Å². The van der Waals surface area contributed by atoms with Gasteiger partial charge in [-0.1, -0.05) is 0 Å². The summed E-state index contributed by atoms with van der Waals surface area (Å²) < 4.78 is 5.18. The maximum Gasteiger partial charge on any atom is 0.408 e. The Kier molecular flexibility index (Phi) is 10.5. The summed E-state index contributed by atoms with van der Waals surface area (Å²) >= 11 is 0. The van der Waals surface area contributed by atoms with Crippen LogP contribution in [0.4, 0.5) is 16.2 Å². The molecule has 1 aromatic rings. The zero-order valence-electron chi connectivity index (χ0n) is 16.5. The van der Waals surface area contributed by atoms with Gasteiger partial charge in [0.1, 0.15) is 11.6 Å². The molecular formula is C17H27ClN6O5. The number of nitro groups is 1. The minimum atomic E-state index is -0.903. The van der Waals surface area contributed by atoms with Crippen molar-refractivity contribution in [2.75, 3.05) is 11.9 Å². The maximum absolute atomic E-state index is 12.6. The molecule has 0 aromatic heterocycles. The first-order valence-electron chi connectivity index (χ1n) is 8.58. The average molecular weight is 431 g/mol. The number of amides is 2. The lowest BCUT2D eigenvalue weighted by Crippen LogP contribution is -2.45. The summed E-state index contributed by atoms with van der Waals surface area (Å²) in [4.78, 5) is 38.6. The fourth-order valence-corrected chi connectivity index (χ4v) is 2.12. The number of benzene rings is 1. The first kappa shape index (κ1) is 25.9. The van der Waals surface area contributed by atoms with Crippen LogP contribution in [0.3, 0.4) is 0 Å². The molecule has 0 saturated carbocycles. The van der Waals surface area contributed by atoms with Gasteiger partial charge < -0.3 is 26.8 Å². The van der Waals surface area contributed by atoms with Gasteiger partial charge in [0, 0.05) is 24.4 Å². The number of aliphatic imine (C=N–C) groups is 1. The van der Waals surface area contributed by atoms with Crippen molar-refractivity contribution in [2.45, 2.75) is 45.3 Å². The number of nitrogens with one attached hydrogen (secondary N) is 2. The topological polar surface area (TPSA) is 175 Å². The highest BCUT2D eigenvalue weighted by atomic mass is 35.5. The van der Waals surface area contributed by atoms with E-state index >= 15 is 0 Å². The first-order valence-corrected chi connectivity index (χ1v) is 8.58. The van der Waals surface area contributed by atoms with Gasteiger partial charge in [-0.25, -0.2) is 4.79 Å². The Bertz CT molecular complexity index is 729. The molecule has 0 aliphatic carbocycles. The summed E-state index contributed by atoms with van der Waals surface area (Å²) in [6.07, 6.45) is -0.0425. The van der Waals surface area contributed by atoms with Gasteiger partial charge in [-0.05, 0) is 45.7 Å². The SMILES string of the molecule is CC(C)(C)OC(=O)N[C@H](CCCN=C(N)N)C(=O)Nc1ccc([N+](=O)[O-])cc1.Cl. The van der Waals surface area contributed by atoms with E-state index in [1.165, 1.54) is 24.3 Å². The molecule has 0 spiro atoms. The summed E-state index contributed by atoms with van der Waals surface area (Å²) in [7, 11) is 0. The molecule has 6 N–H and O–H groups in total. The fraction of sp³-hybridized carbons (Fsp3) is 0.471. The quantitative estimate of drug-likeness (QED) is 0.160. The van der Waals surface area contributed by atoms with Gasteiger partial charge in [0.15, 0.2) is 5.96 Å². The van der Waals surface area contributed by atoms with Crippen LogP contribution in [0.2, 0.25) is 0 Å². The smallest absolute Gasteiger partial charge is 0.408 e.